The maximum Gasteiger partial charge on any atom is 0.387 e. The van der Waals surface area contributed by atoms with Crippen molar-refractivity contribution in [1.82, 2.24) is 9.80 Å². The van der Waals surface area contributed by atoms with Gasteiger partial charge >= 0.3 is 6.61 Å². The van der Waals surface area contributed by atoms with E-state index in [0.717, 1.165) is 25.3 Å². The molecule has 1 fully saturated rings. The summed E-state index contributed by atoms with van der Waals surface area (Å²) in [6, 6.07) is 16.8. The summed E-state index contributed by atoms with van der Waals surface area (Å²) in [6.07, 6.45) is 0. The zero-order chi connectivity index (χ0) is 18.5. The number of hydrogen-bond acceptors (Lipinski definition) is 3. The molecule has 0 spiro atoms. The van der Waals surface area contributed by atoms with Gasteiger partial charge in [0.15, 0.2) is 5.11 Å². The number of piperazine rings is 1. The Morgan fingerprint density at radius 3 is 2.46 bits per heavy atom. The molecule has 2 aromatic rings. The van der Waals surface area contributed by atoms with Gasteiger partial charge in [-0.2, -0.15) is 8.78 Å². The van der Waals surface area contributed by atoms with E-state index in [1.54, 1.807) is 12.1 Å². The number of likely N-dealkylation sites (N-methyl/N-ethyl adjacent to an activating group) is 1. The van der Waals surface area contributed by atoms with Crippen LogP contribution in [0.1, 0.15) is 11.6 Å². The first-order valence-electron chi connectivity index (χ1n) is 8.39. The van der Waals surface area contributed by atoms with E-state index in [2.05, 4.69) is 39.0 Å². The normalized spacial score (nSPS) is 18.0. The summed E-state index contributed by atoms with van der Waals surface area (Å²) in [5, 5.41) is 3.82. The summed E-state index contributed by atoms with van der Waals surface area (Å²) in [5.74, 6) is 0.123. The van der Waals surface area contributed by atoms with Crippen LogP contribution in [0.5, 0.6) is 5.75 Å². The first-order valence-corrected chi connectivity index (χ1v) is 8.80. The van der Waals surface area contributed by atoms with Crippen molar-refractivity contribution in [3.05, 3.63) is 60.2 Å². The summed E-state index contributed by atoms with van der Waals surface area (Å²) in [6.45, 7) is -0.208. The molecule has 0 radical (unpaired) electrons. The van der Waals surface area contributed by atoms with Gasteiger partial charge in [0.1, 0.15) is 5.75 Å². The predicted molar refractivity (Wildman–Crippen MR) is 103 cm³/mol. The summed E-state index contributed by atoms with van der Waals surface area (Å²) >= 11 is 5.62. The number of nitrogens with zero attached hydrogens (tertiary/aromatic N) is 2. The van der Waals surface area contributed by atoms with Gasteiger partial charge in [-0.15, -0.1) is 0 Å². The molecule has 3 rings (SSSR count). The number of anilines is 1. The highest BCUT2D eigenvalue weighted by molar-refractivity contribution is 7.80. The number of nitrogens with one attached hydrogen (secondary N) is 1. The van der Waals surface area contributed by atoms with E-state index >= 15 is 0 Å². The van der Waals surface area contributed by atoms with Crippen LogP contribution in [0.3, 0.4) is 0 Å². The van der Waals surface area contributed by atoms with Gasteiger partial charge in [-0.1, -0.05) is 30.3 Å². The zero-order valence-electron chi connectivity index (χ0n) is 14.4. The molecule has 1 aliphatic rings. The molecule has 26 heavy (non-hydrogen) atoms. The first kappa shape index (κ1) is 18.5. The van der Waals surface area contributed by atoms with Crippen LogP contribution in [0.4, 0.5) is 14.5 Å². The highest BCUT2D eigenvalue weighted by Crippen LogP contribution is 2.26. The Balaban J connectivity index is 1.71. The number of benzene rings is 2. The highest BCUT2D eigenvalue weighted by atomic mass is 32.1. The van der Waals surface area contributed by atoms with Gasteiger partial charge in [0.25, 0.3) is 0 Å². The zero-order valence-corrected chi connectivity index (χ0v) is 15.3. The van der Waals surface area contributed by atoms with Crippen LogP contribution in [0.25, 0.3) is 0 Å². The summed E-state index contributed by atoms with van der Waals surface area (Å²) in [4.78, 5) is 4.46. The van der Waals surface area contributed by atoms with E-state index in [4.69, 9.17) is 12.2 Å². The minimum Gasteiger partial charge on any atom is -0.435 e. The van der Waals surface area contributed by atoms with Crippen LogP contribution in [-0.4, -0.2) is 48.2 Å². The summed E-state index contributed by atoms with van der Waals surface area (Å²) in [7, 11) is 2.10. The number of rotatable bonds is 4. The lowest BCUT2D eigenvalue weighted by atomic mass is 10.0. The molecule has 0 bridgehead atoms. The Morgan fingerprint density at radius 1 is 1.12 bits per heavy atom. The number of alkyl halides is 2. The average molecular weight is 377 g/mol. The van der Waals surface area contributed by atoms with Crippen LogP contribution >= 0.6 is 12.2 Å². The fourth-order valence-corrected chi connectivity index (χ4v) is 3.37. The molecule has 2 aromatic carbocycles. The van der Waals surface area contributed by atoms with Gasteiger partial charge in [-0.05, 0) is 49.1 Å². The molecular formula is C19H21F2N3OS. The molecule has 1 saturated heterocycles. The van der Waals surface area contributed by atoms with Gasteiger partial charge in [0.2, 0.25) is 0 Å². The van der Waals surface area contributed by atoms with Crippen LogP contribution < -0.4 is 10.1 Å². The highest BCUT2D eigenvalue weighted by Gasteiger charge is 2.28. The SMILES string of the molecule is CN1CCN(C(=S)Nc2ccc(OC(F)F)cc2)[C@H](c2ccccc2)C1. The number of hydrogen-bond donors (Lipinski definition) is 1. The third-order valence-electron chi connectivity index (χ3n) is 4.36. The maximum atomic E-state index is 12.2. The van der Waals surface area contributed by atoms with Crippen molar-refractivity contribution in [2.75, 3.05) is 32.0 Å². The Bertz CT molecular complexity index is 727. The van der Waals surface area contributed by atoms with Crippen molar-refractivity contribution in [2.24, 2.45) is 0 Å². The smallest absolute Gasteiger partial charge is 0.387 e. The first-order chi connectivity index (χ1) is 12.5. The van der Waals surface area contributed by atoms with E-state index in [0.29, 0.717) is 5.11 Å². The van der Waals surface area contributed by atoms with Crippen molar-refractivity contribution in [3.8, 4) is 5.75 Å². The number of ether oxygens (including phenoxy) is 1. The Hall–Kier alpha value is -2.25. The van der Waals surface area contributed by atoms with Crippen LogP contribution in [0.15, 0.2) is 54.6 Å². The third kappa shape index (κ3) is 4.68. The molecule has 4 nitrogen and oxygen atoms in total. The van der Waals surface area contributed by atoms with Gasteiger partial charge in [0, 0.05) is 25.3 Å². The molecule has 1 aliphatic heterocycles. The van der Waals surface area contributed by atoms with Crippen molar-refractivity contribution in [3.63, 3.8) is 0 Å². The largest absolute Gasteiger partial charge is 0.435 e. The van der Waals surface area contributed by atoms with Gasteiger partial charge in [0.05, 0.1) is 6.04 Å². The minimum atomic E-state index is -2.83. The molecule has 7 heteroatoms. The van der Waals surface area contributed by atoms with E-state index in [-0.39, 0.29) is 11.8 Å². The second-order valence-corrected chi connectivity index (χ2v) is 6.60. The molecule has 0 aliphatic carbocycles. The Labute approximate surface area is 157 Å². The molecule has 1 N–H and O–H groups in total. The van der Waals surface area contributed by atoms with E-state index in [1.807, 2.05) is 18.2 Å². The standard InChI is InChI=1S/C19H21F2N3OS/c1-23-11-12-24(17(13-23)14-5-3-2-4-6-14)19(26)22-15-7-9-16(10-8-15)25-18(20)21/h2-10,17-18H,11-13H2,1H3,(H,22,26)/t17-/m0/s1. The van der Waals surface area contributed by atoms with Crippen molar-refractivity contribution < 1.29 is 13.5 Å². The second-order valence-electron chi connectivity index (χ2n) is 6.22. The molecule has 138 valence electrons. The molecule has 0 aromatic heterocycles. The lowest BCUT2D eigenvalue weighted by Crippen LogP contribution is -2.50. The second kappa shape index (κ2) is 8.42. The monoisotopic (exact) mass is 377 g/mol. The molecular weight excluding hydrogens is 356 g/mol. The molecule has 0 amide bonds. The maximum absolute atomic E-state index is 12.2. The minimum absolute atomic E-state index is 0.123. The summed E-state index contributed by atoms with van der Waals surface area (Å²) < 4.78 is 28.8. The van der Waals surface area contributed by atoms with E-state index in [9.17, 15) is 8.78 Å². The third-order valence-corrected chi connectivity index (χ3v) is 4.70. The lowest BCUT2D eigenvalue weighted by Gasteiger charge is -2.41. The van der Waals surface area contributed by atoms with Crippen molar-refractivity contribution >= 4 is 23.0 Å². The predicted octanol–water partition coefficient (Wildman–Crippen LogP) is 3.97. The van der Waals surface area contributed by atoms with Gasteiger partial charge in [-0.3, -0.25) is 0 Å². The van der Waals surface area contributed by atoms with Gasteiger partial charge in [-0.25, -0.2) is 0 Å². The fraction of sp³-hybridized carbons (Fsp3) is 0.316. The molecule has 0 unspecified atom stereocenters. The Morgan fingerprint density at radius 2 is 1.81 bits per heavy atom. The topological polar surface area (TPSA) is 27.7 Å². The van der Waals surface area contributed by atoms with Crippen molar-refractivity contribution in [1.29, 1.82) is 0 Å². The van der Waals surface area contributed by atoms with Crippen LogP contribution in [0.2, 0.25) is 0 Å². The van der Waals surface area contributed by atoms with Crippen molar-refractivity contribution in [2.45, 2.75) is 12.7 Å². The van der Waals surface area contributed by atoms with Gasteiger partial charge < -0.3 is 19.9 Å². The summed E-state index contributed by atoms with van der Waals surface area (Å²) in [5.41, 5.74) is 1.95. The lowest BCUT2D eigenvalue weighted by molar-refractivity contribution is -0.0498. The number of halogens is 2. The Kier molecular flexibility index (Phi) is 6.00. The molecule has 0 saturated carbocycles. The van der Waals surface area contributed by atoms with E-state index < -0.39 is 6.61 Å². The molecule has 1 heterocycles. The number of thiocarbonyl (C=S) groups is 1. The van der Waals surface area contributed by atoms with E-state index in [1.165, 1.54) is 17.7 Å². The quantitative estimate of drug-likeness (QED) is 0.814. The fourth-order valence-electron chi connectivity index (χ4n) is 3.04. The average Bonchev–Trinajstić information content (AvgIpc) is 2.63. The van der Waals surface area contributed by atoms with Crippen LogP contribution in [-0.2, 0) is 0 Å². The molecule has 1 atom stereocenters. The van der Waals surface area contributed by atoms with Crippen LogP contribution in [0, 0.1) is 0 Å².